The smallest absolute Gasteiger partial charge is 0.222 e. The highest BCUT2D eigenvalue weighted by molar-refractivity contribution is 5.77. The number of aliphatic hydroxyl groups excluding tert-OH is 1. The van der Waals surface area contributed by atoms with Crippen LogP contribution in [0.25, 0.3) is 0 Å². The fraction of sp³-hybridized carbons (Fsp3) is 0.650. The lowest BCUT2D eigenvalue weighted by Crippen LogP contribution is -2.54. The van der Waals surface area contributed by atoms with Gasteiger partial charge in [0.25, 0.3) is 0 Å². The SMILES string of the molecule is Cc1cc(F)ccc1CN1CCC[C@]2(CCC(=O)N(CCCO)C2)C1. The Morgan fingerprint density at radius 3 is 2.88 bits per heavy atom. The molecule has 2 fully saturated rings. The number of benzene rings is 1. The number of aryl methyl sites for hydroxylation is 1. The van der Waals surface area contributed by atoms with Gasteiger partial charge in [-0.1, -0.05) is 6.07 Å². The van der Waals surface area contributed by atoms with Gasteiger partial charge in [-0.25, -0.2) is 4.39 Å². The minimum atomic E-state index is -0.179. The number of nitrogens with zero attached hydrogens (tertiary/aromatic N) is 2. The lowest BCUT2D eigenvalue weighted by Gasteiger charge is -2.48. The maximum absolute atomic E-state index is 13.3. The van der Waals surface area contributed by atoms with E-state index in [1.807, 2.05) is 17.9 Å². The number of carbonyl (C=O) groups is 1. The van der Waals surface area contributed by atoms with E-state index < -0.39 is 0 Å². The van der Waals surface area contributed by atoms with Crippen molar-refractivity contribution in [3.8, 4) is 0 Å². The second-order valence-electron chi connectivity index (χ2n) is 7.78. The van der Waals surface area contributed by atoms with E-state index in [0.717, 1.165) is 51.0 Å². The third-order valence-corrected chi connectivity index (χ3v) is 5.77. The number of amides is 1. The first-order chi connectivity index (χ1) is 12.0. The van der Waals surface area contributed by atoms with Gasteiger partial charge in [-0.3, -0.25) is 9.69 Å². The Labute approximate surface area is 149 Å². The Morgan fingerprint density at radius 2 is 2.12 bits per heavy atom. The third-order valence-electron chi connectivity index (χ3n) is 5.77. The molecular formula is C20H29FN2O2. The number of piperidine rings is 2. The number of likely N-dealkylation sites (tertiary alicyclic amines) is 2. The molecule has 2 saturated heterocycles. The second-order valence-corrected chi connectivity index (χ2v) is 7.78. The van der Waals surface area contributed by atoms with Crippen molar-refractivity contribution >= 4 is 5.91 Å². The van der Waals surface area contributed by atoms with Crippen LogP contribution in [-0.4, -0.2) is 53.6 Å². The molecule has 4 nitrogen and oxygen atoms in total. The first kappa shape index (κ1) is 18.3. The number of halogens is 1. The topological polar surface area (TPSA) is 43.8 Å². The summed E-state index contributed by atoms with van der Waals surface area (Å²) in [6.45, 7) is 6.47. The molecule has 0 unspecified atom stereocenters. The summed E-state index contributed by atoms with van der Waals surface area (Å²) in [5, 5.41) is 9.06. The maximum atomic E-state index is 13.3. The molecule has 0 aromatic heterocycles. The average molecular weight is 348 g/mol. The van der Waals surface area contributed by atoms with Crippen LogP contribution in [-0.2, 0) is 11.3 Å². The van der Waals surface area contributed by atoms with Crippen LogP contribution in [0.15, 0.2) is 18.2 Å². The fourth-order valence-electron chi connectivity index (χ4n) is 4.42. The quantitative estimate of drug-likeness (QED) is 0.890. The summed E-state index contributed by atoms with van der Waals surface area (Å²) in [5.41, 5.74) is 2.36. The third kappa shape index (κ3) is 4.39. The van der Waals surface area contributed by atoms with Gasteiger partial charge in [0.2, 0.25) is 5.91 Å². The van der Waals surface area contributed by atoms with Crippen molar-refractivity contribution < 1.29 is 14.3 Å². The maximum Gasteiger partial charge on any atom is 0.222 e. The van der Waals surface area contributed by atoms with Crippen molar-refractivity contribution in [2.75, 3.05) is 32.8 Å². The molecule has 1 N–H and O–H groups in total. The number of hydrogen-bond donors (Lipinski definition) is 1. The summed E-state index contributed by atoms with van der Waals surface area (Å²) < 4.78 is 13.3. The van der Waals surface area contributed by atoms with Crippen LogP contribution >= 0.6 is 0 Å². The highest BCUT2D eigenvalue weighted by atomic mass is 19.1. The van der Waals surface area contributed by atoms with Gasteiger partial charge in [0, 0.05) is 44.6 Å². The Kier molecular flexibility index (Phi) is 5.74. The highest BCUT2D eigenvalue weighted by Crippen LogP contribution is 2.39. The molecule has 1 amide bonds. The van der Waals surface area contributed by atoms with Crippen molar-refractivity contribution in [2.45, 2.75) is 45.6 Å². The molecular weight excluding hydrogens is 319 g/mol. The largest absolute Gasteiger partial charge is 0.396 e. The van der Waals surface area contributed by atoms with E-state index in [-0.39, 0.29) is 23.7 Å². The molecule has 1 aromatic rings. The Morgan fingerprint density at radius 1 is 1.28 bits per heavy atom. The molecule has 0 saturated carbocycles. The summed E-state index contributed by atoms with van der Waals surface area (Å²) in [6, 6.07) is 5.03. The van der Waals surface area contributed by atoms with E-state index in [0.29, 0.717) is 19.4 Å². The molecule has 1 aromatic carbocycles. The van der Waals surface area contributed by atoms with E-state index in [1.54, 1.807) is 6.07 Å². The Bertz CT molecular complexity index is 622. The number of rotatable bonds is 5. The summed E-state index contributed by atoms with van der Waals surface area (Å²) in [7, 11) is 0. The van der Waals surface area contributed by atoms with E-state index in [2.05, 4.69) is 4.90 Å². The van der Waals surface area contributed by atoms with Crippen LogP contribution in [0.4, 0.5) is 4.39 Å². The lowest BCUT2D eigenvalue weighted by molar-refractivity contribution is -0.139. The van der Waals surface area contributed by atoms with Crippen molar-refractivity contribution in [3.63, 3.8) is 0 Å². The van der Waals surface area contributed by atoms with Crippen molar-refractivity contribution in [1.29, 1.82) is 0 Å². The normalized spacial score (nSPS) is 24.9. The molecule has 0 bridgehead atoms. The van der Waals surface area contributed by atoms with Crippen molar-refractivity contribution in [2.24, 2.45) is 5.41 Å². The highest BCUT2D eigenvalue weighted by Gasteiger charge is 2.41. The molecule has 1 spiro atoms. The van der Waals surface area contributed by atoms with Gasteiger partial charge >= 0.3 is 0 Å². The van der Waals surface area contributed by atoms with Gasteiger partial charge in [0.05, 0.1) is 0 Å². The molecule has 3 rings (SSSR count). The van der Waals surface area contributed by atoms with Gasteiger partial charge in [0.1, 0.15) is 5.82 Å². The number of hydrogen-bond acceptors (Lipinski definition) is 3. The van der Waals surface area contributed by atoms with Crippen LogP contribution < -0.4 is 0 Å². The van der Waals surface area contributed by atoms with Gasteiger partial charge in [-0.05, 0) is 62.4 Å². The van der Waals surface area contributed by atoms with E-state index in [4.69, 9.17) is 5.11 Å². The molecule has 0 aliphatic carbocycles. The molecule has 138 valence electrons. The minimum absolute atomic E-state index is 0.132. The van der Waals surface area contributed by atoms with Gasteiger partial charge < -0.3 is 10.0 Å². The van der Waals surface area contributed by atoms with E-state index >= 15 is 0 Å². The summed E-state index contributed by atoms with van der Waals surface area (Å²) in [4.78, 5) is 16.6. The Hall–Kier alpha value is -1.46. The molecule has 2 aliphatic heterocycles. The zero-order valence-corrected chi connectivity index (χ0v) is 15.1. The molecule has 2 aliphatic rings. The van der Waals surface area contributed by atoms with Gasteiger partial charge in [-0.2, -0.15) is 0 Å². The number of aliphatic hydroxyl groups is 1. The minimum Gasteiger partial charge on any atom is -0.396 e. The van der Waals surface area contributed by atoms with Crippen molar-refractivity contribution in [3.05, 3.63) is 35.1 Å². The molecule has 25 heavy (non-hydrogen) atoms. The summed E-state index contributed by atoms with van der Waals surface area (Å²) in [5.74, 6) is 0.0484. The van der Waals surface area contributed by atoms with E-state index in [9.17, 15) is 9.18 Å². The van der Waals surface area contributed by atoms with Crippen molar-refractivity contribution in [1.82, 2.24) is 9.80 Å². The second kappa shape index (κ2) is 7.83. The van der Waals surface area contributed by atoms with Gasteiger partial charge in [-0.15, -0.1) is 0 Å². The van der Waals surface area contributed by atoms with Gasteiger partial charge in [0.15, 0.2) is 0 Å². The van der Waals surface area contributed by atoms with Crippen LogP contribution in [0.5, 0.6) is 0 Å². The van der Waals surface area contributed by atoms with Crippen LogP contribution in [0.3, 0.4) is 0 Å². The molecule has 1 atom stereocenters. The summed E-state index contributed by atoms with van der Waals surface area (Å²) >= 11 is 0. The first-order valence-corrected chi connectivity index (χ1v) is 9.37. The zero-order chi connectivity index (χ0) is 17.9. The summed E-state index contributed by atoms with van der Waals surface area (Å²) in [6.07, 6.45) is 4.53. The van der Waals surface area contributed by atoms with E-state index in [1.165, 1.54) is 11.6 Å². The Balaban J connectivity index is 1.66. The number of carbonyl (C=O) groups excluding carboxylic acids is 1. The monoisotopic (exact) mass is 348 g/mol. The van der Waals surface area contributed by atoms with Crippen LogP contribution in [0.1, 0.15) is 43.2 Å². The predicted molar refractivity (Wildman–Crippen MR) is 95.6 cm³/mol. The zero-order valence-electron chi connectivity index (χ0n) is 15.1. The predicted octanol–water partition coefficient (Wildman–Crippen LogP) is 2.72. The van der Waals surface area contributed by atoms with Crippen LogP contribution in [0, 0.1) is 18.2 Å². The standard InChI is InChI=1S/C20H29FN2O2/c1-16-12-18(21)5-4-17(16)13-22-9-2-7-20(14-22)8-6-19(25)23(15-20)10-3-11-24/h4-5,12,24H,2-3,6-11,13-15H2,1H3/t20-/m0/s1. The lowest BCUT2D eigenvalue weighted by atomic mass is 9.73. The average Bonchev–Trinajstić information content (AvgIpc) is 2.59. The molecule has 2 heterocycles. The van der Waals surface area contributed by atoms with Crippen LogP contribution in [0.2, 0.25) is 0 Å². The fourth-order valence-corrected chi connectivity index (χ4v) is 4.42. The molecule has 0 radical (unpaired) electrons. The first-order valence-electron chi connectivity index (χ1n) is 9.37. The molecule has 5 heteroatoms.